The number of benzene rings is 1. The monoisotopic (exact) mass is 362 g/mol. The van der Waals surface area contributed by atoms with Gasteiger partial charge in [0.1, 0.15) is 5.71 Å². The molecule has 0 atom stereocenters. The van der Waals surface area contributed by atoms with Crippen molar-refractivity contribution in [2.24, 2.45) is 5.10 Å². The summed E-state index contributed by atoms with van der Waals surface area (Å²) in [5.41, 5.74) is 4.61. The maximum atomic E-state index is 12.5. The van der Waals surface area contributed by atoms with Gasteiger partial charge in [0.15, 0.2) is 11.5 Å². The third kappa shape index (κ3) is 4.27. The molecule has 3 aromatic rings. The van der Waals surface area contributed by atoms with Crippen LogP contribution in [-0.2, 0) is 0 Å². The van der Waals surface area contributed by atoms with Crippen molar-refractivity contribution in [3.63, 3.8) is 0 Å². The van der Waals surface area contributed by atoms with Gasteiger partial charge in [0.05, 0.1) is 25.6 Å². The first kappa shape index (κ1) is 18.1. The highest BCUT2D eigenvalue weighted by atomic mass is 16.5. The lowest BCUT2D eigenvalue weighted by Gasteiger charge is -2.09. The average molecular weight is 362 g/mol. The van der Waals surface area contributed by atoms with E-state index in [4.69, 9.17) is 9.47 Å². The Morgan fingerprint density at radius 2 is 1.52 bits per heavy atom. The third-order valence-electron chi connectivity index (χ3n) is 3.73. The first-order chi connectivity index (χ1) is 13.2. The Morgan fingerprint density at radius 3 is 2.04 bits per heavy atom. The highest BCUT2D eigenvalue weighted by Gasteiger charge is 2.13. The molecule has 7 nitrogen and oxygen atoms in total. The van der Waals surface area contributed by atoms with E-state index in [9.17, 15) is 4.79 Å². The molecule has 0 saturated carbocycles. The van der Waals surface area contributed by atoms with Crippen molar-refractivity contribution in [1.29, 1.82) is 0 Å². The Morgan fingerprint density at radius 1 is 0.889 bits per heavy atom. The van der Waals surface area contributed by atoms with Gasteiger partial charge < -0.3 is 9.47 Å². The zero-order valence-corrected chi connectivity index (χ0v) is 14.9. The van der Waals surface area contributed by atoms with E-state index in [1.165, 1.54) is 14.2 Å². The molecule has 0 fully saturated rings. The predicted molar refractivity (Wildman–Crippen MR) is 101 cm³/mol. The summed E-state index contributed by atoms with van der Waals surface area (Å²) in [5.74, 6) is 0.615. The number of amides is 1. The number of hydrogen-bond donors (Lipinski definition) is 1. The fourth-order valence-corrected chi connectivity index (χ4v) is 2.40. The summed E-state index contributed by atoms with van der Waals surface area (Å²) in [6.07, 6.45) is 3.31. The van der Waals surface area contributed by atoms with E-state index in [-0.39, 0.29) is 5.91 Å². The van der Waals surface area contributed by atoms with Gasteiger partial charge in [-0.25, -0.2) is 5.43 Å². The summed E-state index contributed by atoms with van der Waals surface area (Å²) in [6.45, 7) is 0. The Hall–Kier alpha value is -3.74. The van der Waals surface area contributed by atoms with E-state index in [1.54, 1.807) is 42.7 Å². The predicted octanol–water partition coefficient (Wildman–Crippen LogP) is 2.68. The lowest BCUT2D eigenvalue weighted by atomic mass is 10.1. The van der Waals surface area contributed by atoms with Gasteiger partial charge in [-0.05, 0) is 42.5 Å². The summed E-state index contributed by atoms with van der Waals surface area (Å²) >= 11 is 0. The van der Waals surface area contributed by atoms with Crippen molar-refractivity contribution < 1.29 is 14.3 Å². The molecule has 1 amide bonds. The third-order valence-corrected chi connectivity index (χ3v) is 3.73. The lowest BCUT2D eigenvalue weighted by Crippen LogP contribution is -2.21. The first-order valence-electron chi connectivity index (χ1n) is 8.16. The number of nitrogens with zero attached hydrogens (tertiary/aromatic N) is 3. The molecule has 0 unspecified atom stereocenters. The molecule has 3 rings (SSSR count). The highest BCUT2D eigenvalue weighted by molar-refractivity contribution is 6.11. The molecule has 7 heteroatoms. The average Bonchev–Trinajstić information content (AvgIpc) is 2.74. The van der Waals surface area contributed by atoms with Crippen molar-refractivity contribution in [1.82, 2.24) is 15.4 Å². The maximum absolute atomic E-state index is 12.5. The SMILES string of the molecule is COc1ccc(C(=O)NN=C(c2ccccn2)c2ccccn2)cc1OC. The van der Waals surface area contributed by atoms with Gasteiger partial charge >= 0.3 is 0 Å². The molecule has 0 saturated heterocycles. The second-order valence-corrected chi connectivity index (χ2v) is 5.40. The molecule has 0 aliphatic heterocycles. The minimum absolute atomic E-state index is 0.387. The van der Waals surface area contributed by atoms with Crippen molar-refractivity contribution in [3.8, 4) is 11.5 Å². The fraction of sp³-hybridized carbons (Fsp3) is 0.100. The lowest BCUT2D eigenvalue weighted by molar-refractivity contribution is 0.0954. The van der Waals surface area contributed by atoms with Gasteiger partial charge in [0.2, 0.25) is 0 Å². The second kappa shape index (κ2) is 8.57. The Labute approximate surface area is 156 Å². The van der Waals surface area contributed by atoms with Crippen molar-refractivity contribution in [2.75, 3.05) is 14.2 Å². The number of ether oxygens (including phenoxy) is 2. The van der Waals surface area contributed by atoms with Crippen LogP contribution in [0.25, 0.3) is 0 Å². The van der Waals surface area contributed by atoms with Crippen LogP contribution in [0.3, 0.4) is 0 Å². The van der Waals surface area contributed by atoms with Gasteiger partial charge in [0, 0.05) is 18.0 Å². The topological polar surface area (TPSA) is 85.7 Å². The zero-order chi connectivity index (χ0) is 19.1. The number of rotatable bonds is 6. The zero-order valence-electron chi connectivity index (χ0n) is 14.9. The number of hydrogen-bond acceptors (Lipinski definition) is 6. The van der Waals surface area contributed by atoms with E-state index in [2.05, 4.69) is 20.5 Å². The van der Waals surface area contributed by atoms with Gasteiger partial charge in [-0.3, -0.25) is 14.8 Å². The largest absolute Gasteiger partial charge is 0.493 e. The Kier molecular flexibility index (Phi) is 5.73. The molecule has 1 aromatic carbocycles. The molecule has 0 radical (unpaired) electrons. The van der Waals surface area contributed by atoms with Crippen LogP contribution in [0.5, 0.6) is 11.5 Å². The number of carbonyl (C=O) groups is 1. The molecule has 1 N–H and O–H groups in total. The van der Waals surface area contributed by atoms with Crippen LogP contribution in [-0.4, -0.2) is 35.8 Å². The van der Waals surface area contributed by atoms with Gasteiger partial charge in [0.25, 0.3) is 5.91 Å². The van der Waals surface area contributed by atoms with Crippen LogP contribution in [0.15, 0.2) is 72.1 Å². The fourth-order valence-electron chi connectivity index (χ4n) is 2.40. The van der Waals surface area contributed by atoms with Crippen LogP contribution >= 0.6 is 0 Å². The standard InChI is InChI=1S/C20H18N4O3/c1-26-17-10-9-14(13-18(17)27-2)20(25)24-23-19(15-7-3-5-11-21-15)16-8-4-6-12-22-16/h3-13H,1-2H3,(H,24,25). The molecule has 0 aliphatic carbocycles. The van der Waals surface area contributed by atoms with E-state index in [0.717, 1.165) is 0 Å². The van der Waals surface area contributed by atoms with Crippen LogP contribution in [0.2, 0.25) is 0 Å². The molecule has 0 spiro atoms. The Bertz CT molecular complexity index is 902. The second-order valence-electron chi connectivity index (χ2n) is 5.40. The maximum Gasteiger partial charge on any atom is 0.271 e. The highest BCUT2D eigenvalue weighted by Crippen LogP contribution is 2.27. The van der Waals surface area contributed by atoms with Gasteiger partial charge in [-0.2, -0.15) is 5.10 Å². The minimum atomic E-state index is -0.389. The number of aromatic nitrogens is 2. The van der Waals surface area contributed by atoms with E-state index >= 15 is 0 Å². The quantitative estimate of drug-likeness (QED) is 0.538. The van der Waals surface area contributed by atoms with Crippen molar-refractivity contribution in [3.05, 3.63) is 83.9 Å². The molecule has 27 heavy (non-hydrogen) atoms. The minimum Gasteiger partial charge on any atom is -0.493 e. The van der Waals surface area contributed by atoms with E-state index in [0.29, 0.717) is 34.2 Å². The summed E-state index contributed by atoms with van der Waals surface area (Å²) < 4.78 is 10.4. The molecule has 0 aliphatic rings. The molecular weight excluding hydrogens is 344 g/mol. The molecule has 2 aromatic heterocycles. The summed E-state index contributed by atoms with van der Waals surface area (Å²) in [6, 6.07) is 15.8. The van der Waals surface area contributed by atoms with Crippen LogP contribution < -0.4 is 14.9 Å². The Balaban J connectivity index is 1.90. The summed E-state index contributed by atoms with van der Waals surface area (Å²) in [7, 11) is 3.05. The van der Waals surface area contributed by atoms with E-state index < -0.39 is 0 Å². The number of hydrazone groups is 1. The van der Waals surface area contributed by atoms with Crippen LogP contribution in [0.1, 0.15) is 21.7 Å². The van der Waals surface area contributed by atoms with Gasteiger partial charge in [-0.15, -0.1) is 0 Å². The van der Waals surface area contributed by atoms with Crippen LogP contribution in [0, 0.1) is 0 Å². The van der Waals surface area contributed by atoms with E-state index in [1.807, 2.05) is 24.3 Å². The molecule has 0 bridgehead atoms. The van der Waals surface area contributed by atoms with Gasteiger partial charge in [-0.1, -0.05) is 12.1 Å². The number of carbonyl (C=O) groups excluding carboxylic acids is 1. The number of nitrogens with one attached hydrogen (secondary N) is 1. The van der Waals surface area contributed by atoms with Crippen molar-refractivity contribution in [2.45, 2.75) is 0 Å². The first-order valence-corrected chi connectivity index (χ1v) is 8.16. The van der Waals surface area contributed by atoms with Crippen LogP contribution in [0.4, 0.5) is 0 Å². The summed E-state index contributed by atoms with van der Waals surface area (Å²) in [4.78, 5) is 21.1. The number of pyridine rings is 2. The van der Waals surface area contributed by atoms with Crippen molar-refractivity contribution >= 4 is 11.6 Å². The smallest absolute Gasteiger partial charge is 0.271 e. The summed E-state index contributed by atoms with van der Waals surface area (Å²) in [5, 5.41) is 4.26. The molecular formula is C20H18N4O3. The molecule has 2 heterocycles. The number of methoxy groups -OCH3 is 2. The normalized spacial score (nSPS) is 10.0. The molecule has 136 valence electrons.